The van der Waals surface area contributed by atoms with Crippen LogP contribution in [0.4, 0.5) is 0 Å². The van der Waals surface area contributed by atoms with Crippen molar-refractivity contribution in [1.29, 1.82) is 0 Å². The average Bonchev–Trinajstić information content (AvgIpc) is 2.62. The molecule has 1 aliphatic carbocycles. The maximum absolute atomic E-state index is 6.00. The molecular formula is C14H19Cl2N. The fourth-order valence-electron chi connectivity index (χ4n) is 2.55. The van der Waals surface area contributed by atoms with Crippen molar-refractivity contribution in [1.82, 2.24) is 5.32 Å². The van der Waals surface area contributed by atoms with Gasteiger partial charge in [0, 0.05) is 12.6 Å². The van der Waals surface area contributed by atoms with Crippen LogP contribution >= 0.6 is 23.2 Å². The third kappa shape index (κ3) is 3.15. The van der Waals surface area contributed by atoms with Crippen molar-refractivity contribution in [3.05, 3.63) is 33.8 Å². The lowest BCUT2D eigenvalue weighted by atomic mass is 9.98. The van der Waals surface area contributed by atoms with Gasteiger partial charge in [-0.15, -0.1) is 0 Å². The fourth-order valence-corrected chi connectivity index (χ4v) is 2.87. The molecular weight excluding hydrogens is 253 g/mol. The minimum Gasteiger partial charge on any atom is -0.310 e. The van der Waals surface area contributed by atoms with Gasteiger partial charge in [-0.25, -0.2) is 0 Å². The lowest BCUT2D eigenvalue weighted by molar-refractivity contribution is 0.370. The molecule has 3 atom stereocenters. The summed E-state index contributed by atoms with van der Waals surface area (Å²) in [7, 11) is 0. The van der Waals surface area contributed by atoms with Crippen LogP contribution < -0.4 is 5.32 Å². The summed E-state index contributed by atoms with van der Waals surface area (Å²) in [4.78, 5) is 0. The van der Waals surface area contributed by atoms with Crippen LogP contribution in [-0.2, 0) is 6.54 Å². The van der Waals surface area contributed by atoms with Crippen LogP contribution in [0.2, 0.25) is 10.0 Å². The van der Waals surface area contributed by atoms with E-state index in [1.165, 1.54) is 18.4 Å². The maximum atomic E-state index is 6.00. The summed E-state index contributed by atoms with van der Waals surface area (Å²) in [6, 6.07) is 6.48. The van der Waals surface area contributed by atoms with E-state index in [2.05, 4.69) is 19.2 Å². The molecule has 0 saturated heterocycles. The molecule has 3 heteroatoms. The van der Waals surface area contributed by atoms with E-state index in [1.54, 1.807) is 0 Å². The van der Waals surface area contributed by atoms with Crippen molar-refractivity contribution in [2.75, 3.05) is 0 Å². The molecule has 0 bridgehead atoms. The van der Waals surface area contributed by atoms with Crippen LogP contribution in [0.25, 0.3) is 0 Å². The van der Waals surface area contributed by atoms with Crippen molar-refractivity contribution in [3.8, 4) is 0 Å². The topological polar surface area (TPSA) is 12.0 Å². The lowest BCUT2D eigenvalue weighted by Gasteiger charge is -2.19. The highest BCUT2D eigenvalue weighted by atomic mass is 35.5. The second-order valence-corrected chi connectivity index (χ2v) is 5.96. The van der Waals surface area contributed by atoms with Crippen molar-refractivity contribution in [2.45, 2.75) is 39.3 Å². The van der Waals surface area contributed by atoms with Gasteiger partial charge in [-0.05, 0) is 42.4 Å². The van der Waals surface area contributed by atoms with Gasteiger partial charge < -0.3 is 5.32 Å². The largest absolute Gasteiger partial charge is 0.310 e. The molecule has 0 amide bonds. The number of rotatable bonds is 3. The van der Waals surface area contributed by atoms with Gasteiger partial charge in [-0.2, -0.15) is 0 Å². The zero-order valence-electron chi connectivity index (χ0n) is 10.3. The molecule has 1 fully saturated rings. The third-order valence-electron chi connectivity index (χ3n) is 4.02. The predicted molar refractivity (Wildman–Crippen MR) is 74.7 cm³/mol. The van der Waals surface area contributed by atoms with E-state index in [-0.39, 0.29) is 0 Å². The van der Waals surface area contributed by atoms with E-state index in [1.807, 2.05) is 18.2 Å². The molecule has 0 aromatic heterocycles. The Morgan fingerprint density at radius 1 is 1.18 bits per heavy atom. The first-order valence-electron chi connectivity index (χ1n) is 6.25. The van der Waals surface area contributed by atoms with Gasteiger partial charge in [0.05, 0.1) is 10.0 Å². The number of halogens is 2. The van der Waals surface area contributed by atoms with Gasteiger partial charge in [0.15, 0.2) is 0 Å². The molecule has 1 N–H and O–H groups in total. The Morgan fingerprint density at radius 2 is 1.94 bits per heavy atom. The molecule has 0 radical (unpaired) electrons. The fraction of sp³-hybridized carbons (Fsp3) is 0.571. The summed E-state index contributed by atoms with van der Waals surface area (Å²) in [5, 5.41) is 4.88. The highest BCUT2D eigenvalue weighted by molar-refractivity contribution is 6.42. The molecule has 1 saturated carbocycles. The standard InChI is InChI=1S/C14H19Cl2N/c1-9-3-6-14(10(9)2)17-8-11-4-5-12(15)13(16)7-11/h4-5,7,9-10,14,17H,3,6,8H2,1-2H3. The molecule has 3 unspecified atom stereocenters. The van der Waals surface area contributed by atoms with E-state index in [9.17, 15) is 0 Å². The van der Waals surface area contributed by atoms with Crippen molar-refractivity contribution in [2.24, 2.45) is 11.8 Å². The van der Waals surface area contributed by atoms with Crippen molar-refractivity contribution >= 4 is 23.2 Å². The molecule has 1 nitrogen and oxygen atoms in total. The van der Waals surface area contributed by atoms with E-state index >= 15 is 0 Å². The van der Waals surface area contributed by atoms with E-state index in [0.29, 0.717) is 16.1 Å². The van der Waals surface area contributed by atoms with Gasteiger partial charge in [-0.3, -0.25) is 0 Å². The minimum atomic E-state index is 0.623. The highest BCUT2D eigenvalue weighted by Gasteiger charge is 2.28. The Kier molecular flexibility index (Phi) is 4.35. The first-order chi connectivity index (χ1) is 8.08. The summed E-state index contributed by atoms with van der Waals surface area (Å²) in [5.74, 6) is 1.60. The number of hydrogen-bond acceptors (Lipinski definition) is 1. The van der Waals surface area contributed by atoms with Crippen LogP contribution in [0.1, 0.15) is 32.3 Å². The summed E-state index contributed by atoms with van der Waals surface area (Å²) >= 11 is 11.9. The molecule has 0 aliphatic heterocycles. The van der Waals surface area contributed by atoms with Gasteiger partial charge in [0.2, 0.25) is 0 Å². The monoisotopic (exact) mass is 271 g/mol. The quantitative estimate of drug-likeness (QED) is 0.853. The molecule has 1 aliphatic rings. The van der Waals surface area contributed by atoms with E-state index < -0.39 is 0 Å². The second kappa shape index (κ2) is 5.60. The Hall–Kier alpha value is -0.240. The van der Waals surface area contributed by atoms with Crippen LogP contribution in [0.3, 0.4) is 0 Å². The smallest absolute Gasteiger partial charge is 0.0595 e. The normalized spacial score (nSPS) is 28.6. The molecule has 0 heterocycles. The molecule has 94 valence electrons. The average molecular weight is 272 g/mol. The summed E-state index contributed by atoms with van der Waals surface area (Å²) in [6.45, 7) is 5.55. The maximum Gasteiger partial charge on any atom is 0.0595 e. The first-order valence-corrected chi connectivity index (χ1v) is 7.01. The predicted octanol–water partition coefficient (Wildman–Crippen LogP) is 4.52. The number of benzene rings is 1. The Bertz CT molecular complexity index is 392. The molecule has 17 heavy (non-hydrogen) atoms. The molecule has 1 aromatic rings. The third-order valence-corrected chi connectivity index (χ3v) is 4.76. The summed E-state index contributed by atoms with van der Waals surface area (Å²) in [6.07, 6.45) is 2.61. The summed E-state index contributed by atoms with van der Waals surface area (Å²) < 4.78 is 0. The number of hydrogen-bond donors (Lipinski definition) is 1. The Balaban J connectivity index is 1.92. The zero-order valence-corrected chi connectivity index (χ0v) is 11.9. The minimum absolute atomic E-state index is 0.623. The van der Waals surface area contributed by atoms with E-state index in [0.717, 1.165) is 18.4 Å². The summed E-state index contributed by atoms with van der Waals surface area (Å²) in [5.41, 5.74) is 1.20. The second-order valence-electron chi connectivity index (χ2n) is 5.15. The van der Waals surface area contributed by atoms with Gasteiger partial charge in [-0.1, -0.05) is 43.1 Å². The van der Waals surface area contributed by atoms with E-state index in [4.69, 9.17) is 23.2 Å². The zero-order chi connectivity index (χ0) is 12.4. The van der Waals surface area contributed by atoms with Crippen molar-refractivity contribution < 1.29 is 0 Å². The number of nitrogens with one attached hydrogen (secondary N) is 1. The van der Waals surface area contributed by atoms with Gasteiger partial charge in [0.1, 0.15) is 0 Å². The van der Waals surface area contributed by atoms with Crippen LogP contribution in [0, 0.1) is 11.8 Å². The highest BCUT2D eigenvalue weighted by Crippen LogP contribution is 2.31. The van der Waals surface area contributed by atoms with Crippen LogP contribution in [0.5, 0.6) is 0 Å². The van der Waals surface area contributed by atoms with Gasteiger partial charge >= 0.3 is 0 Å². The van der Waals surface area contributed by atoms with Crippen molar-refractivity contribution in [3.63, 3.8) is 0 Å². The Morgan fingerprint density at radius 3 is 2.53 bits per heavy atom. The molecule has 0 spiro atoms. The van der Waals surface area contributed by atoms with Gasteiger partial charge in [0.25, 0.3) is 0 Å². The van der Waals surface area contributed by atoms with Crippen LogP contribution in [-0.4, -0.2) is 6.04 Å². The molecule has 2 rings (SSSR count). The Labute approximate surface area is 114 Å². The SMILES string of the molecule is CC1CCC(NCc2ccc(Cl)c(Cl)c2)C1C. The van der Waals surface area contributed by atoms with Crippen LogP contribution in [0.15, 0.2) is 18.2 Å². The first kappa shape index (κ1) is 13.2. The lowest BCUT2D eigenvalue weighted by Crippen LogP contribution is -2.31. The molecule has 1 aromatic carbocycles.